The number of hydrogen-bond acceptors (Lipinski definition) is 11. The van der Waals surface area contributed by atoms with E-state index in [0.717, 1.165) is 24.5 Å². The number of nitrogens with one attached hydrogen (secondary N) is 2. The first-order valence-electron chi connectivity index (χ1n) is 18.9. The molecule has 0 aliphatic heterocycles. The Balaban J connectivity index is 1.21. The highest BCUT2D eigenvalue weighted by molar-refractivity contribution is 7.92. The lowest BCUT2D eigenvalue weighted by atomic mass is 9.81. The maximum absolute atomic E-state index is 15.7. The van der Waals surface area contributed by atoms with Gasteiger partial charge in [0.25, 0.3) is 5.92 Å². The number of hydrogen-bond donors (Lipinski definition) is 2. The number of sulfonamides is 1. The summed E-state index contributed by atoms with van der Waals surface area (Å²) in [5.41, 5.74) is -1.44. The van der Waals surface area contributed by atoms with E-state index in [4.69, 9.17) is 9.97 Å². The van der Waals surface area contributed by atoms with E-state index in [1.807, 2.05) is 0 Å². The first-order chi connectivity index (χ1) is 29.7. The summed E-state index contributed by atoms with van der Waals surface area (Å²) in [7, 11) is 1.31. The van der Waals surface area contributed by atoms with Crippen molar-refractivity contribution in [1.82, 2.24) is 44.8 Å². The number of carbonyl (C=O) groups excluding carboxylic acids is 1. The number of aryl methyl sites for hydroxylation is 1. The molecule has 23 heteroatoms. The van der Waals surface area contributed by atoms with E-state index in [0.29, 0.717) is 54.0 Å². The first-order valence-corrected chi connectivity index (χ1v) is 21.6. The minimum Gasteiger partial charge on any atom is -0.347 e. The lowest BCUT2D eigenvalue weighted by Gasteiger charge is -2.27. The molecule has 5 aromatic heterocycles. The van der Waals surface area contributed by atoms with E-state index >= 15 is 8.78 Å². The van der Waals surface area contributed by atoms with Gasteiger partial charge in [0.15, 0.2) is 17.2 Å². The Morgan fingerprint density at radius 2 is 1.71 bits per heavy atom. The van der Waals surface area contributed by atoms with Gasteiger partial charge in [-0.2, -0.15) is 32.1 Å². The van der Waals surface area contributed by atoms with Crippen molar-refractivity contribution in [3.8, 4) is 21.7 Å². The highest BCUT2D eigenvalue weighted by atomic mass is 32.2. The Bertz CT molecular complexity index is 3130. The molecule has 2 aliphatic rings. The molecule has 9 rings (SSSR count). The van der Waals surface area contributed by atoms with Gasteiger partial charge in [-0.3, -0.25) is 18.9 Å². The van der Waals surface area contributed by atoms with E-state index in [1.165, 1.54) is 22.1 Å². The number of thiazole rings is 1. The predicted octanol–water partition coefficient (Wildman–Crippen LogP) is 7.11. The second-order valence-electron chi connectivity index (χ2n) is 15.4. The Morgan fingerprint density at radius 3 is 2.35 bits per heavy atom. The highest BCUT2D eigenvalue weighted by Crippen LogP contribution is 2.60. The van der Waals surface area contributed by atoms with Crippen LogP contribution in [0.2, 0.25) is 0 Å². The van der Waals surface area contributed by atoms with Crippen molar-refractivity contribution in [3.05, 3.63) is 107 Å². The van der Waals surface area contributed by atoms with Crippen LogP contribution in [-0.2, 0) is 46.9 Å². The molecule has 0 saturated heterocycles. The van der Waals surface area contributed by atoms with E-state index in [2.05, 4.69) is 30.2 Å². The molecule has 0 unspecified atom stereocenters. The van der Waals surface area contributed by atoms with Gasteiger partial charge >= 0.3 is 6.18 Å². The van der Waals surface area contributed by atoms with Crippen molar-refractivity contribution in [1.29, 1.82) is 0 Å². The summed E-state index contributed by atoms with van der Waals surface area (Å²) in [6, 6.07) is 7.92. The smallest absolute Gasteiger partial charge is 0.347 e. The lowest BCUT2D eigenvalue weighted by Crippen LogP contribution is -2.36. The molecule has 0 saturated carbocycles. The minimum absolute atomic E-state index is 0.000747. The van der Waals surface area contributed by atoms with Crippen LogP contribution in [0.1, 0.15) is 40.2 Å². The van der Waals surface area contributed by atoms with Crippen molar-refractivity contribution in [2.75, 3.05) is 30.0 Å². The number of rotatable bonds is 11. The Labute approximate surface area is 356 Å². The third-order valence-electron chi connectivity index (χ3n) is 10.7. The van der Waals surface area contributed by atoms with E-state index in [-0.39, 0.29) is 29.1 Å². The molecule has 63 heavy (non-hydrogen) atoms. The van der Waals surface area contributed by atoms with Crippen LogP contribution in [0, 0.1) is 17.6 Å². The summed E-state index contributed by atoms with van der Waals surface area (Å²) in [5, 5.41) is 11.4. The number of amides is 1. The van der Waals surface area contributed by atoms with Crippen molar-refractivity contribution >= 4 is 60.3 Å². The number of para-hydroxylation sites is 1. The zero-order valence-corrected chi connectivity index (χ0v) is 34.8. The number of fused-ring (bicyclic) bond motifs is 5. The molecular weight excluding hydrogens is 880 g/mol. The van der Waals surface area contributed by atoms with Crippen LogP contribution in [0.25, 0.3) is 42.9 Å². The summed E-state index contributed by atoms with van der Waals surface area (Å²) < 4.78 is 133. The monoisotopic (exact) mass is 911 g/mol. The van der Waals surface area contributed by atoms with Gasteiger partial charge in [-0.05, 0) is 36.2 Å². The third-order valence-corrected chi connectivity index (χ3v) is 12.3. The van der Waals surface area contributed by atoms with E-state index in [9.17, 15) is 35.2 Å². The summed E-state index contributed by atoms with van der Waals surface area (Å²) in [6.07, 6.45) is 0.956. The number of carbonyl (C=O) groups is 1. The molecule has 0 radical (unpaired) electrons. The Hall–Kier alpha value is -6.49. The van der Waals surface area contributed by atoms with Gasteiger partial charge in [-0.1, -0.05) is 24.3 Å². The zero-order chi connectivity index (χ0) is 44.9. The van der Waals surface area contributed by atoms with E-state index in [1.54, 1.807) is 62.7 Å². The Kier molecular flexibility index (Phi) is 9.84. The summed E-state index contributed by atoms with van der Waals surface area (Å²) in [5.74, 6) is -9.12. The SMILES string of the molecule is CN(C)c1ncc(-c2nc3nc([C@H](Cc4cc(F)cc(F)c4)NC(=O)Cn4nc(C(F)(F)F)c5c4C(F)(F)[C@@H]4C=C[C@H]54)c(-c4cccc5c(NS(C)(=O)=O)nn(C)c45)cc3s2)cn1. The molecule has 2 aliphatic carbocycles. The Morgan fingerprint density at radius 1 is 1.00 bits per heavy atom. The topological polar surface area (TPSA) is 166 Å². The van der Waals surface area contributed by atoms with Gasteiger partial charge < -0.3 is 10.2 Å². The number of nitrogens with zero attached hydrogens (tertiary/aromatic N) is 9. The van der Waals surface area contributed by atoms with Crippen LogP contribution < -0.4 is 14.9 Å². The van der Waals surface area contributed by atoms with Crippen molar-refractivity contribution in [3.63, 3.8) is 0 Å². The fourth-order valence-electron chi connectivity index (χ4n) is 8.09. The zero-order valence-electron chi connectivity index (χ0n) is 33.2. The molecule has 326 valence electrons. The van der Waals surface area contributed by atoms with Gasteiger partial charge in [0.05, 0.1) is 34.1 Å². The number of halogens is 7. The van der Waals surface area contributed by atoms with Crippen molar-refractivity contribution < 1.29 is 43.9 Å². The fraction of sp³-hybridized carbons (Fsp3) is 0.275. The molecule has 0 bridgehead atoms. The maximum Gasteiger partial charge on any atom is 0.435 e. The largest absolute Gasteiger partial charge is 0.435 e. The van der Waals surface area contributed by atoms with Gasteiger partial charge in [0.2, 0.25) is 21.9 Å². The van der Waals surface area contributed by atoms with Crippen LogP contribution in [-0.4, -0.2) is 74.2 Å². The van der Waals surface area contributed by atoms with Gasteiger partial charge in [0, 0.05) is 73.2 Å². The molecule has 14 nitrogen and oxygen atoms in total. The molecule has 2 aromatic carbocycles. The molecule has 2 N–H and O–H groups in total. The predicted molar refractivity (Wildman–Crippen MR) is 218 cm³/mol. The molecule has 5 heterocycles. The van der Waals surface area contributed by atoms with Crippen LogP contribution in [0.3, 0.4) is 0 Å². The summed E-state index contributed by atoms with van der Waals surface area (Å²) in [4.78, 5) is 34.2. The number of anilines is 2. The number of allylic oxidation sites excluding steroid dienone is 2. The molecule has 1 amide bonds. The number of pyridine rings is 1. The third kappa shape index (κ3) is 7.51. The molecule has 3 atom stereocenters. The number of benzene rings is 2. The molecule has 7 aromatic rings. The second kappa shape index (κ2) is 14.8. The molecule has 0 fully saturated rings. The van der Waals surface area contributed by atoms with Gasteiger partial charge in [-0.15, -0.1) is 11.3 Å². The maximum atomic E-state index is 15.7. The molecular formula is C40H32F7N11O3S2. The average molecular weight is 912 g/mol. The summed E-state index contributed by atoms with van der Waals surface area (Å²) >= 11 is 1.21. The van der Waals surface area contributed by atoms with Crippen molar-refractivity contribution in [2.45, 2.75) is 37.0 Å². The van der Waals surface area contributed by atoms with Gasteiger partial charge in [0.1, 0.15) is 28.9 Å². The lowest BCUT2D eigenvalue weighted by molar-refractivity contribution is -0.142. The highest BCUT2D eigenvalue weighted by Gasteiger charge is 2.61. The van der Waals surface area contributed by atoms with Crippen LogP contribution >= 0.6 is 11.3 Å². The second-order valence-corrected chi connectivity index (χ2v) is 18.2. The van der Waals surface area contributed by atoms with Gasteiger partial charge in [-0.25, -0.2) is 37.1 Å². The first kappa shape index (κ1) is 41.8. The normalized spacial score (nSPS) is 17.1. The number of alkyl halides is 5. The van der Waals surface area contributed by atoms with Crippen LogP contribution in [0.15, 0.2) is 67.0 Å². The quantitative estimate of drug-likeness (QED) is 0.101. The van der Waals surface area contributed by atoms with Crippen molar-refractivity contribution in [2.24, 2.45) is 13.0 Å². The number of aromatic nitrogens is 8. The summed E-state index contributed by atoms with van der Waals surface area (Å²) in [6.45, 7) is -1.10. The van der Waals surface area contributed by atoms with Crippen LogP contribution in [0.4, 0.5) is 42.5 Å². The van der Waals surface area contributed by atoms with E-state index < -0.39 is 81.0 Å². The fourth-order valence-corrected chi connectivity index (χ4v) is 9.51. The molecule has 0 spiro atoms. The standard InChI is InChI=1S/C40H32F7N11O3S2/c1-56(2)38-48-15-19(16-49-38)37-52-36-28(62-37)14-25(22-6-5-7-24-32(22)57(3)54-35(24)55-63(4,60)61)31(51-36)27(12-18-10-20(41)13-21(42)11-18)50-29(59)17-58-34-30(33(53-58)40(45,46)47)23-8-9-26(23)39(34,43)44/h5-11,13-16,23,26-27H,12,17H2,1-4H3,(H,50,59)(H,54,55)/t23-,26+,27-/m0/s1. The minimum atomic E-state index is -5.12. The van der Waals surface area contributed by atoms with Crippen LogP contribution in [0.5, 0.6) is 0 Å². The average Bonchev–Trinajstić information content (AvgIpc) is 3.88.